The zero-order valence-corrected chi connectivity index (χ0v) is 20.3. The van der Waals surface area contributed by atoms with Gasteiger partial charge in [0, 0.05) is 13.3 Å². The molecule has 1 aliphatic rings. The van der Waals surface area contributed by atoms with Gasteiger partial charge in [0.1, 0.15) is 12.7 Å². The summed E-state index contributed by atoms with van der Waals surface area (Å²) in [5.41, 5.74) is 0. The van der Waals surface area contributed by atoms with E-state index in [1.54, 1.807) is 6.92 Å². The van der Waals surface area contributed by atoms with Crippen LogP contribution in [-0.2, 0) is 4.79 Å². The fourth-order valence-corrected chi connectivity index (χ4v) is 4.46. The van der Waals surface area contributed by atoms with Crippen molar-refractivity contribution >= 4 is 5.91 Å². The molecular weight excluding hydrogens is 370 g/mol. The van der Waals surface area contributed by atoms with Crippen molar-refractivity contribution in [3.8, 4) is 0 Å². The van der Waals surface area contributed by atoms with Gasteiger partial charge in [0.15, 0.2) is 6.17 Å². The Hall–Kier alpha value is -1.29. The molecule has 2 unspecified atom stereocenters. The number of carbonyl (C=O) groups is 1. The molecule has 0 fully saturated rings. The molecule has 0 aromatic carbocycles. The second-order valence-corrected chi connectivity index (χ2v) is 9.00. The van der Waals surface area contributed by atoms with Crippen LogP contribution >= 0.6 is 0 Å². The molecule has 174 valence electrons. The second kappa shape index (κ2) is 17.4. The lowest BCUT2D eigenvalue weighted by atomic mass is 10.0. The predicted octanol–water partition coefficient (Wildman–Crippen LogP) is 6.40. The van der Waals surface area contributed by atoms with Gasteiger partial charge >= 0.3 is 0 Å². The van der Waals surface area contributed by atoms with E-state index >= 15 is 0 Å². The first-order valence-corrected chi connectivity index (χ1v) is 12.8. The van der Waals surface area contributed by atoms with Crippen LogP contribution in [0.4, 0.5) is 0 Å². The largest absolute Gasteiger partial charge is 0.351 e. The number of allylic oxidation sites excluding steroid dienone is 2. The number of nitrogens with zero attached hydrogens (tertiary/aromatic N) is 1. The van der Waals surface area contributed by atoms with E-state index in [4.69, 9.17) is 0 Å². The summed E-state index contributed by atoms with van der Waals surface area (Å²) in [5, 5.41) is 6.51. The average molecular weight is 421 g/mol. The first kappa shape index (κ1) is 26.7. The van der Waals surface area contributed by atoms with E-state index in [1.807, 2.05) is 0 Å². The van der Waals surface area contributed by atoms with Crippen molar-refractivity contribution in [1.29, 1.82) is 0 Å². The van der Waals surface area contributed by atoms with Crippen LogP contribution in [0.25, 0.3) is 0 Å². The van der Waals surface area contributed by atoms with Crippen LogP contribution in [0.3, 0.4) is 0 Å². The van der Waals surface area contributed by atoms with Crippen LogP contribution in [0.2, 0.25) is 0 Å². The van der Waals surface area contributed by atoms with Crippen LogP contribution in [-0.4, -0.2) is 36.2 Å². The van der Waals surface area contributed by atoms with E-state index in [9.17, 15) is 4.79 Å². The Morgan fingerprint density at radius 2 is 1.53 bits per heavy atom. The van der Waals surface area contributed by atoms with Crippen LogP contribution in [0, 0.1) is 0 Å². The van der Waals surface area contributed by atoms with Crippen molar-refractivity contribution in [3.63, 3.8) is 0 Å². The third kappa shape index (κ3) is 11.8. The molecule has 1 heterocycles. The predicted molar refractivity (Wildman–Crippen MR) is 130 cm³/mol. The number of rotatable bonds is 19. The summed E-state index contributed by atoms with van der Waals surface area (Å²) in [7, 11) is 0. The van der Waals surface area contributed by atoms with Crippen LogP contribution in [0.5, 0.6) is 0 Å². The number of quaternary nitrogens is 1. The minimum Gasteiger partial charge on any atom is -0.351 e. The minimum absolute atomic E-state index is 0.0656. The first-order chi connectivity index (χ1) is 14.6. The van der Waals surface area contributed by atoms with Crippen LogP contribution < -0.4 is 10.6 Å². The van der Waals surface area contributed by atoms with Crippen LogP contribution in [0.1, 0.15) is 111 Å². The van der Waals surface area contributed by atoms with Gasteiger partial charge in [-0.15, -0.1) is 0 Å². The van der Waals surface area contributed by atoms with Gasteiger partial charge in [0.2, 0.25) is 5.91 Å². The van der Waals surface area contributed by atoms with Gasteiger partial charge in [-0.2, -0.15) is 0 Å². The SMILES string of the molecule is CCCCC/C=C/CCCCCCCCCCC1NC=C[N+]1(CC)CCNC(C)=O. The highest BCUT2D eigenvalue weighted by atomic mass is 16.1. The highest BCUT2D eigenvalue weighted by molar-refractivity contribution is 5.72. The summed E-state index contributed by atoms with van der Waals surface area (Å²) >= 11 is 0. The summed E-state index contributed by atoms with van der Waals surface area (Å²) in [6, 6.07) is 0. The molecule has 0 aromatic rings. The molecule has 2 N–H and O–H groups in total. The Labute approximate surface area is 187 Å². The smallest absolute Gasteiger partial charge is 0.217 e. The van der Waals surface area contributed by atoms with Gasteiger partial charge in [0.25, 0.3) is 0 Å². The lowest BCUT2D eigenvalue weighted by molar-refractivity contribution is -0.898. The molecule has 4 heteroatoms. The number of hydrogen-bond acceptors (Lipinski definition) is 2. The van der Waals surface area contributed by atoms with Gasteiger partial charge in [-0.3, -0.25) is 9.28 Å². The Kier molecular flexibility index (Phi) is 15.5. The monoisotopic (exact) mass is 420 g/mol. The van der Waals surface area contributed by atoms with Crippen molar-refractivity contribution in [3.05, 3.63) is 24.6 Å². The molecule has 0 saturated heterocycles. The quantitative estimate of drug-likeness (QED) is 0.144. The highest BCUT2D eigenvalue weighted by Crippen LogP contribution is 2.23. The molecule has 30 heavy (non-hydrogen) atoms. The number of carbonyl (C=O) groups excluding carboxylic acids is 1. The fraction of sp³-hybridized carbons (Fsp3) is 0.808. The number of nitrogens with one attached hydrogen (secondary N) is 2. The summed E-state index contributed by atoms with van der Waals surface area (Å²) < 4.78 is 0.952. The Morgan fingerprint density at radius 3 is 2.13 bits per heavy atom. The fourth-order valence-electron chi connectivity index (χ4n) is 4.46. The molecule has 0 spiro atoms. The lowest BCUT2D eigenvalue weighted by Crippen LogP contribution is -2.55. The van der Waals surface area contributed by atoms with E-state index in [0.717, 1.165) is 24.1 Å². The molecule has 0 saturated carbocycles. The van der Waals surface area contributed by atoms with Gasteiger partial charge in [-0.05, 0) is 39.0 Å². The number of unbranched alkanes of at least 4 members (excludes halogenated alkanes) is 11. The van der Waals surface area contributed by atoms with E-state index in [0.29, 0.717) is 6.17 Å². The lowest BCUT2D eigenvalue weighted by Gasteiger charge is -2.37. The van der Waals surface area contributed by atoms with E-state index in [2.05, 4.69) is 49.0 Å². The number of amides is 1. The molecule has 0 bridgehead atoms. The molecule has 2 atom stereocenters. The minimum atomic E-state index is 0.0656. The average Bonchev–Trinajstić information content (AvgIpc) is 3.13. The van der Waals surface area contributed by atoms with Crippen molar-refractivity contribution in [2.75, 3.05) is 19.6 Å². The molecule has 4 nitrogen and oxygen atoms in total. The molecule has 0 radical (unpaired) electrons. The van der Waals surface area contributed by atoms with Gasteiger partial charge in [0.05, 0.1) is 19.3 Å². The normalized spacial score (nSPS) is 20.7. The topological polar surface area (TPSA) is 41.1 Å². The third-order valence-corrected chi connectivity index (χ3v) is 6.51. The Balaban J connectivity index is 2.00. The van der Waals surface area contributed by atoms with Gasteiger partial charge < -0.3 is 10.6 Å². The summed E-state index contributed by atoms with van der Waals surface area (Å²) in [4.78, 5) is 11.2. The van der Waals surface area contributed by atoms with E-state index < -0.39 is 0 Å². The maximum Gasteiger partial charge on any atom is 0.217 e. The molecule has 0 aromatic heterocycles. The first-order valence-electron chi connectivity index (χ1n) is 12.8. The van der Waals surface area contributed by atoms with Gasteiger partial charge in [-0.1, -0.05) is 70.4 Å². The summed E-state index contributed by atoms with van der Waals surface area (Å²) in [6.07, 6.45) is 28.4. The molecule has 1 aliphatic heterocycles. The third-order valence-electron chi connectivity index (χ3n) is 6.51. The molecule has 1 amide bonds. The summed E-state index contributed by atoms with van der Waals surface area (Å²) in [5.74, 6) is 0.0656. The zero-order chi connectivity index (χ0) is 21.9. The number of hydrogen-bond donors (Lipinski definition) is 2. The second-order valence-electron chi connectivity index (χ2n) is 9.00. The van der Waals surface area contributed by atoms with E-state index in [-0.39, 0.29) is 5.91 Å². The Bertz CT molecular complexity index is 489. The van der Waals surface area contributed by atoms with Crippen molar-refractivity contribution < 1.29 is 9.28 Å². The van der Waals surface area contributed by atoms with Crippen molar-refractivity contribution in [2.24, 2.45) is 0 Å². The molecule has 0 aliphatic carbocycles. The zero-order valence-electron chi connectivity index (χ0n) is 20.3. The number of likely N-dealkylation sites (N-methyl/N-ethyl adjacent to an activating group) is 1. The van der Waals surface area contributed by atoms with Gasteiger partial charge in [-0.25, -0.2) is 0 Å². The summed E-state index contributed by atoms with van der Waals surface area (Å²) in [6.45, 7) is 8.90. The van der Waals surface area contributed by atoms with Crippen molar-refractivity contribution in [1.82, 2.24) is 10.6 Å². The van der Waals surface area contributed by atoms with Crippen molar-refractivity contribution in [2.45, 2.75) is 117 Å². The molecule has 1 rings (SSSR count). The van der Waals surface area contributed by atoms with Crippen LogP contribution in [0.15, 0.2) is 24.6 Å². The molecular formula is C26H50N3O+. The Morgan fingerprint density at radius 1 is 0.933 bits per heavy atom. The maximum absolute atomic E-state index is 11.2. The maximum atomic E-state index is 11.2. The standard InChI is InChI=1S/C26H49N3O/c1-4-6-7-8-9-10-11-12-13-14-15-16-17-18-19-20-26-28-22-24-29(26,5-2)23-21-27-25(3)30/h9-10,22,24,26,28H,4-8,11-21,23H2,1-3H3/p+1/b10-9+. The highest BCUT2D eigenvalue weighted by Gasteiger charge is 2.36. The van der Waals surface area contributed by atoms with E-state index in [1.165, 1.54) is 89.9 Å².